The fourth-order valence-electron chi connectivity index (χ4n) is 4.12. The van der Waals surface area contributed by atoms with Crippen molar-refractivity contribution < 1.29 is 13.9 Å². The SMILES string of the molecule is CCOCc1ccc(C(=O)N2CCCC2c2cc(-c3ccc(F)cc3)cc(C)n2)cc1. The van der Waals surface area contributed by atoms with Crippen LogP contribution in [0.3, 0.4) is 0 Å². The van der Waals surface area contributed by atoms with Crippen molar-refractivity contribution >= 4 is 5.91 Å². The van der Waals surface area contributed by atoms with Crippen molar-refractivity contribution in [1.29, 1.82) is 0 Å². The Morgan fingerprint density at radius 2 is 1.84 bits per heavy atom. The first-order chi connectivity index (χ1) is 15.0. The summed E-state index contributed by atoms with van der Waals surface area (Å²) in [6.45, 7) is 5.85. The molecule has 0 saturated carbocycles. The fraction of sp³-hybridized carbons (Fsp3) is 0.308. The topological polar surface area (TPSA) is 42.4 Å². The number of benzene rings is 2. The lowest BCUT2D eigenvalue weighted by atomic mass is 10.0. The van der Waals surface area contributed by atoms with E-state index >= 15 is 0 Å². The number of ether oxygens (including phenoxy) is 1. The van der Waals surface area contributed by atoms with Crippen LogP contribution in [0.15, 0.2) is 60.7 Å². The molecule has 1 unspecified atom stereocenters. The number of halogens is 1. The van der Waals surface area contributed by atoms with E-state index in [4.69, 9.17) is 9.72 Å². The molecule has 0 N–H and O–H groups in total. The van der Waals surface area contributed by atoms with E-state index < -0.39 is 0 Å². The number of hydrogen-bond donors (Lipinski definition) is 0. The molecule has 2 heterocycles. The third-order valence-corrected chi connectivity index (χ3v) is 5.68. The van der Waals surface area contributed by atoms with Crippen LogP contribution in [0.25, 0.3) is 11.1 Å². The Kier molecular flexibility index (Phi) is 6.42. The van der Waals surface area contributed by atoms with Gasteiger partial charge < -0.3 is 9.64 Å². The second kappa shape index (κ2) is 9.40. The largest absolute Gasteiger partial charge is 0.377 e. The van der Waals surface area contributed by atoms with E-state index in [9.17, 15) is 9.18 Å². The summed E-state index contributed by atoms with van der Waals surface area (Å²) in [5, 5.41) is 0. The molecule has 5 heteroatoms. The first-order valence-electron chi connectivity index (χ1n) is 10.8. The lowest BCUT2D eigenvalue weighted by molar-refractivity contribution is 0.0732. The Morgan fingerprint density at radius 1 is 1.10 bits per heavy atom. The quantitative estimate of drug-likeness (QED) is 0.515. The molecule has 3 aromatic rings. The monoisotopic (exact) mass is 418 g/mol. The van der Waals surface area contributed by atoms with Gasteiger partial charge in [0, 0.05) is 24.4 Å². The number of hydrogen-bond acceptors (Lipinski definition) is 3. The molecular formula is C26H27FN2O2. The van der Waals surface area contributed by atoms with E-state index in [-0.39, 0.29) is 17.8 Å². The number of aryl methyl sites for hydroxylation is 1. The Balaban J connectivity index is 1.58. The molecule has 1 atom stereocenters. The van der Waals surface area contributed by atoms with E-state index in [1.165, 1.54) is 12.1 Å². The molecule has 1 aromatic heterocycles. The molecule has 160 valence electrons. The van der Waals surface area contributed by atoms with E-state index in [1.54, 1.807) is 12.1 Å². The Labute approximate surface area is 182 Å². The van der Waals surface area contributed by atoms with Crippen molar-refractivity contribution in [3.63, 3.8) is 0 Å². The van der Waals surface area contributed by atoms with Crippen molar-refractivity contribution in [2.45, 2.75) is 39.3 Å². The molecule has 0 radical (unpaired) electrons. The highest BCUT2D eigenvalue weighted by Crippen LogP contribution is 2.34. The van der Waals surface area contributed by atoms with Crippen LogP contribution in [0.5, 0.6) is 0 Å². The van der Waals surface area contributed by atoms with Crippen LogP contribution < -0.4 is 0 Å². The maximum Gasteiger partial charge on any atom is 0.254 e. The summed E-state index contributed by atoms with van der Waals surface area (Å²) < 4.78 is 18.8. The van der Waals surface area contributed by atoms with Crippen LogP contribution in [0, 0.1) is 12.7 Å². The summed E-state index contributed by atoms with van der Waals surface area (Å²) in [5.74, 6) is -0.230. The fourth-order valence-corrected chi connectivity index (χ4v) is 4.12. The summed E-state index contributed by atoms with van der Waals surface area (Å²) in [5.41, 5.74) is 5.43. The molecule has 1 saturated heterocycles. The molecule has 2 aromatic carbocycles. The van der Waals surface area contributed by atoms with Gasteiger partial charge in [-0.15, -0.1) is 0 Å². The average Bonchev–Trinajstić information content (AvgIpc) is 3.28. The average molecular weight is 419 g/mol. The van der Waals surface area contributed by atoms with Gasteiger partial charge in [-0.3, -0.25) is 9.78 Å². The predicted molar refractivity (Wildman–Crippen MR) is 119 cm³/mol. The highest BCUT2D eigenvalue weighted by Gasteiger charge is 2.32. The third-order valence-electron chi connectivity index (χ3n) is 5.68. The van der Waals surface area contributed by atoms with Crippen LogP contribution in [0.2, 0.25) is 0 Å². The Bertz CT molecular complexity index is 1050. The van der Waals surface area contributed by atoms with Gasteiger partial charge in [0.1, 0.15) is 5.82 Å². The van der Waals surface area contributed by atoms with Gasteiger partial charge in [0.15, 0.2) is 0 Å². The second-order valence-electron chi connectivity index (χ2n) is 7.92. The van der Waals surface area contributed by atoms with Crippen molar-refractivity contribution in [1.82, 2.24) is 9.88 Å². The number of nitrogens with zero attached hydrogens (tertiary/aromatic N) is 2. The summed E-state index contributed by atoms with van der Waals surface area (Å²) in [6, 6.07) is 18.1. The smallest absolute Gasteiger partial charge is 0.254 e. The van der Waals surface area contributed by atoms with Crippen LogP contribution in [-0.2, 0) is 11.3 Å². The normalized spacial score (nSPS) is 16.0. The molecule has 0 aliphatic carbocycles. The van der Waals surface area contributed by atoms with Gasteiger partial charge >= 0.3 is 0 Å². The number of carbonyl (C=O) groups excluding carboxylic acids is 1. The van der Waals surface area contributed by atoms with E-state index in [1.807, 2.05) is 55.1 Å². The Hall–Kier alpha value is -3.05. The molecule has 1 aliphatic heterocycles. The predicted octanol–water partition coefficient (Wildman–Crippen LogP) is 5.71. The van der Waals surface area contributed by atoms with Gasteiger partial charge in [-0.2, -0.15) is 0 Å². The highest BCUT2D eigenvalue weighted by molar-refractivity contribution is 5.94. The van der Waals surface area contributed by atoms with Crippen molar-refractivity contribution in [3.8, 4) is 11.1 Å². The lowest BCUT2D eigenvalue weighted by Gasteiger charge is -2.25. The number of rotatable bonds is 6. The highest BCUT2D eigenvalue weighted by atomic mass is 19.1. The maximum atomic E-state index is 13.3. The number of amides is 1. The minimum atomic E-state index is -0.255. The molecule has 31 heavy (non-hydrogen) atoms. The van der Waals surface area contributed by atoms with Crippen LogP contribution in [0.4, 0.5) is 4.39 Å². The molecule has 1 aliphatic rings. The summed E-state index contributed by atoms with van der Waals surface area (Å²) in [4.78, 5) is 19.9. The molecule has 4 nitrogen and oxygen atoms in total. The van der Waals surface area contributed by atoms with Gasteiger partial charge in [0.05, 0.1) is 18.3 Å². The van der Waals surface area contributed by atoms with E-state index in [0.29, 0.717) is 25.3 Å². The van der Waals surface area contributed by atoms with Crippen molar-refractivity contribution in [2.24, 2.45) is 0 Å². The van der Waals surface area contributed by atoms with E-state index in [0.717, 1.165) is 40.9 Å². The lowest BCUT2D eigenvalue weighted by Crippen LogP contribution is -2.31. The molecule has 4 rings (SSSR count). The van der Waals surface area contributed by atoms with Crippen LogP contribution >= 0.6 is 0 Å². The Morgan fingerprint density at radius 3 is 2.55 bits per heavy atom. The van der Waals surface area contributed by atoms with Gasteiger partial charge in [0.2, 0.25) is 0 Å². The minimum absolute atomic E-state index is 0.0251. The first-order valence-corrected chi connectivity index (χ1v) is 10.8. The van der Waals surface area contributed by atoms with Gasteiger partial charge in [0.25, 0.3) is 5.91 Å². The van der Waals surface area contributed by atoms with Crippen molar-refractivity contribution in [3.05, 3.63) is 89.0 Å². The molecule has 1 fully saturated rings. The zero-order valence-electron chi connectivity index (χ0n) is 18.0. The summed E-state index contributed by atoms with van der Waals surface area (Å²) in [6.07, 6.45) is 1.83. The zero-order valence-corrected chi connectivity index (χ0v) is 18.0. The first kappa shape index (κ1) is 21.2. The standard InChI is InChI=1S/C26H27FN2O2/c1-3-31-17-19-6-8-21(9-7-19)26(30)29-14-4-5-25(29)24-16-22(15-18(2)28-24)20-10-12-23(27)13-11-20/h6-13,15-16,25H,3-5,14,17H2,1-2H3. The third kappa shape index (κ3) is 4.83. The van der Waals surface area contributed by atoms with Crippen LogP contribution in [-0.4, -0.2) is 28.9 Å². The van der Waals surface area contributed by atoms with Gasteiger partial charge in [-0.25, -0.2) is 4.39 Å². The maximum absolute atomic E-state index is 13.3. The number of carbonyl (C=O) groups is 1. The van der Waals surface area contributed by atoms with Gasteiger partial charge in [-0.05, 0) is 79.8 Å². The zero-order chi connectivity index (χ0) is 21.8. The molecule has 1 amide bonds. The van der Waals surface area contributed by atoms with Crippen LogP contribution in [0.1, 0.15) is 53.1 Å². The van der Waals surface area contributed by atoms with Crippen molar-refractivity contribution in [2.75, 3.05) is 13.2 Å². The molecule has 0 spiro atoms. The summed E-state index contributed by atoms with van der Waals surface area (Å²) >= 11 is 0. The number of pyridine rings is 1. The second-order valence-corrected chi connectivity index (χ2v) is 7.92. The number of likely N-dealkylation sites (tertiary alicyclic amines) is 1. The summed E-state index contributed by atoms with van der Waals surface area (Å²) in [7, 11) is 0. The minimum Gasteiger partial charge on any atom is -0.377 e. The van der Waals surface area contributed by atoms with Gasteiger partial charge in [-0.1, -0.05) is 24.3 Å². The molecule has 0 bridgehead atoms. The molecular weight excluding hydrogens is 391 g/mol. The number of aromatic nitrogens is 1. The van der Waals surface area contributed by atoms with E-state index in [2.05, 4.69) is 0 Å².